The number of carbonyl (C=O) groups is 1. The van der Waals surface area contributed by atoms with E-state index in [0.29, 0.717) is 0 Å². The summed E-state index contributed by atoms with van der Waals surface area (Å²) in [7, 11) is 1.96. The number of hydrogen-bond donors (Lipinski definition) is 1. The van der Waals surface area contributed by atoms with Gasteiger partial charge in [-0.25, -0.2) is 0 Å². The van der Waals surface area contributed by atoms with E-state index in [1.807, 2.05) is 7.05 Å². The van der Waals surface area contributed by atoms with Crippen molar-refractivity contribution < 1.29 is 9.90 Å². The molecule has 0 saturated carbocycles. The summed E-state index contributed by atoms with van der Waals surface area (Å²) in [5, 5.41) is 8.90. The Kier molecular flexibility index (Phi) is 3.68. The molecule has 0 radical (unpaired) electrons. The number of halogens is 1. The zero-order valence-electron chi connectivity index (χ0n) is 9.74. The maximum absolute atomic E-state index is 10.8. The second kappa shape index (κ2) is 4.90. The average Bonchev–Trinajstić information content (AvgIpc) is 2.20. The summed E-state index contributed by atoms with van der Waals surface area (Å²) in [6.07, 6.45) is 0.184. The third kappa shape index (κ3) is 2.60. The van der Waals surface area contributed by atoms with Crippen molar-refractivity contribution in [3.8, 4) is 0 Å². The Morgan fingerprint density at radius 3 is 3.00 bits per heavy atom. The van der Waals surface area contributed by atoms with Crippen LogP contribution in [0.5, 0.6) is 0 Å². The lowest BCUT2D eigenvalue weighted by Crippen LogP contribution is -2.38. The van der Waals surface area contributed by atoms with Crippen molar-refractivity contribution in [2.75, 3.05) is 17.7 Å². The van der Waals surface area contributed by atoms with Gasteiger partial charge in [-0.2, -0.15) is 0 Å². The molecule has 1 aromatic carbocycles. The summed E-state index contributed by atoms with van der Waals surface area (Å²) >= 11 is 5.30. The van der Waals surface area contributed by atoms with E-state index in [0.717, 1.165) is 15.9 Å². The van der Waals surface area contributed by atoms with Gasteiger partial charge in [0, 0.05) is 28.2 Å². The van der Waals surface area contributed by atoms with Gasteiger partial charge in [-0.1, -0.05) is 0 Å². The molecule has 1 unspecified atom stereocenters. The molecule has 1 aliphatic heterocycles. The quantitative estimate of drug-likeness (QED) is 0.910. The monoisotopic (exact) mass is 315 g/mol. The smallest absolute Gasteiger partial charge is 0.305 e. The fourth-order valence-electron chi connectivity index (χ4n) is 2.03. The first-order valence-electron chi connectivity index (χ1n) is 5.36. The molecule has 0 spiro atoms. The minimum Gasteiger partial charge on any atom is -0.481 e. The Morgan fingerprint density at radius 2 is 2.35 bits per heavy atom. The number of anilines is 1. The van der Waals surface area contributed by atoms with Crippen LogP contribution in [0.2, 0.25) is 0 Å². The van der Waals surface area contributed by atoms with Crippen molar-refractivity contribution in [3.05, 3.63) is 22.2 Å². The Morgan fingerprint density at radius 1 is 1.65 bits per heavy atom. The zero-order valence-corrected chi connectivity index (χ0v) is 12.1. The molecule has 1 N–H and O–H groups in total. The van der Waals surface area contributed by atoms with Crippen LogP contribution >= 0.6 is 27.7 Å². The summed E-state index contributed by atoms with van der Waals surface area (Å²) in [6.45, 7) is 2.06. The van der Waals surface area contributed by atoms with Crippen molar-refractivity contribution in [3.63, 3.8) is 0 Å². The molecule has 17 heavy (non-hydrogen) atoms. The number of aryl methyl sites for hydroxylation is 1. The minimum atomic E-state index is -0.742. The summed E-state index contributed by atoms with van der Waals surface area (Å²) in [5.74, 6) is 0.0836. The maximum atomic E-state index is 10.8. The minimum absolute atomic E-state index is 0.0593. The van der Waals surface area contributed by atoms with Crippen molar-refractivity contribution in [2.24, 2.45) is 0 Å². The summed E-state index contributed by atoms with van der Waals surface area (Å²) in [4.78, 5) is 14.1. The van der Waals surface area contributed by atoms with E-state index in [2.05, 4.69) is 39.9 Å². The van der Waals surface area contributed by atoms with Crippen LogP contribution in [0.15, 0.2) is 21.5 Å². The SMILES string of the molecule is Cc1cc(Br)c2c(c1)SCC(CC(=O)O)N2C. The molecule has 0 aliphatic carbocycles. The van der Waals surface area contributed by atoms with Gasteiger partial charge in [-0.3, -0.25) is 4.79 Å². The summed E-state index contributed by atoms with van der Waals surface area (Å²) in [5.41, 5.74) is 2.33. The van der Waals surface area contributed by atoms with Crippen LogP contribution in [-0.4, -0.2) is 29.9 Å². The van der Waals surface area contributed by atoms with Gasteiger partial charge in [0.15, 0.2) is 0 Å². The van der Waals surface area contributed by atoms with Crippen LogP contribution in [-0.2, 0) is 4.79 Å². The second-order valence-electron chi connectivity index (χ2n) is 4.27. The van der Waals surface area contributed by atoms with Crippen LogP contribution in [0.1, 0.15) is 12.0 Å². The van der Waals surface area contributed by atoms with Gasteiger partial charge in [0.05, 0.1) is 12.1 Å². The molecule has 0 bridgehead atoms. The van der Waals surface area contributed by atoms with Crippen LogP contribution in [0, 0.1) is 6.92 Å². The molecule has 0 saturated heterocycles. The Labute approximate surface area is 113 Å². The summed E-state index contributed by atoms with van der Waals surface area (Å²) < 4.78 is 1.04. The van der Waals surface area contributed by atoms with Crippen LogP contribution < -0.4 is 4.90 Å². The maximum Gasteiger partial charge on any atom is 0.305 e. The van der Waals surface area contributed by atoms with Crippen molar-refractivity contribution in [2.45, 2.75) is 24.3 Å². The highest BCUT2D eigenvalue weighted by molar-refractivity contribution is 9.10. The van der Waals surface area contributed by atoms with E-state index in [1.54, 1.807) is 11.8 Å². The Bertz CT molecular complexity index is 464. The fraction of sp³-hybridized carbons (Fsp3) is 0.417. The van der Waals surface area contributed by atoms with Crippen LogP contribution in [0.3, 0.4) is 0 Å². The predicted molar refractivity (Wildman–Crippen MR) is 74.0 cm³/mol. The highest BCUT2D eigenvalue weighted by Crippen LogP contribution is 2.42. The van der Waals surface area contributed by atoms with E-state index in [-0.39, 0.29) is 12.5 Å². The number of benzene rings is 1. The van der Waals surface area contributed by atoms with Gasteiger partial charge >= 0.3 is 5.97 Å². The number of carboxylic acid groups (broad SMARTS) is 1. The standard InChI is InChI=1S/C12H14BrNO2S/c1-7-3-9(13)12-10(4-7)17-6-8(14(12)2)5-11(15)16/h3-4,8H,5-6H2,1-2H3,(H,15,16). The molecule has 0 amide bonds. The third-order valence-corrected chi connectivity index (χ3v) is 4.69. The van der Waals surface area contributed by atoms with Crippen molar-refractivity contribution in [1.82, 2.24) is 0 Å². The predicted octanol–water partition coefficient (Wildman–Crippen LogP) is 3.14. The number of fused-ring (bicyclic) bond motifs is 1. The molecule has 92 valence electrons. The summed E-state index contributed by atoms with van der Waals surface area (Å²) in [6, 6.07) is 4.28. The van der Waals surface area contributed by atoms with E-state index in [9.17, 15) is 4.79 Å². The van der Waals surface area contributed by atoms with Crippen LogP contribution in [0.25, 0.3) is 0 Å². The highest BCUT2D eigenvalue weighted by Gasteiger charge is 2.27. The molecule has 5 heteroatoms. The number of nitrogens with zero attached hydrogens (tertiary/aromatic N) is 1. The van der Waals surface area contributed by atoms with E-state index in [4.69, 9.17) is 5.11 Å². The number of rotatable bonds is 2. The first kappa shape index (κ1) is 12.8. The second-order valence-corrected chi connectivity index (χ2v) is 6.18. The van der Waals surface area contributed by atoms with Crippen LogP contribution in [0.4, 0.5) is 5.69 Å². The lowest BCUT2D eigenvalue weighted by atomic mass is 10.1. The Balaban J connectivity index is 2.35. The Hall–Kier alpha value is -0.680. The van der Waals surface area contributed by atoms with Crippen molar-refractivity contribution >= 4 is 39.3 Å². The number of aliphatic carboxylic acids is 1. The normalized spacial score (nSPS) is 19.0. The fourth-order valence-corrected chi connectivity index (χ4v) is 4.39. The van der Waals surface area contributed by atoms with Gasteiger partial charge < -0.3 is 10.0 Å². The number of carboxylic acids is 1. The zero-order chi connectivity index (χ0) is 12.6. The lowest BCUT2D eigenvalue weighted by molar-refractivity contribution is -0.137. The molecular weight excluding hydrogens is 302 g/mol. The van der Waals surface area contributed by atoms with Gasteiger partial charge in [0.2, 0.25) is 0 Å². The molecule has 1 heterocycles. The van der Waals surface area contributed by atoms with E-state index >= 15 is 0 Å². The largest absolute Gasteiger partial charge is 0.481 e. The lowest BCUT2D eigenvalue weighted by Gasteiger charge is -2.35. The van der Waals surface area contributed by atoms with Gasteiger partial charge in [-0.15, -0.1) is 11.8 Å². The van der Waals surface area contributed by atoms with Gasteiger partial charge in [0.1, 0.15) is 0 Å². The molecular formula is C12H14BrNO2S. The topological polar surface area (TPSA) is 40.5 Å². The first-order chi connectivity index (χ1) is 7.99. The van der Waals surface area contributed by atoms with E-state index < -0.39 is 5.97 Å². The first-order valence-corrected chi connectivity index (χ1v) is 7.14. The van der Waals surface area contributed by atoms with Gasteiger partial charge in [-0.05, 0) is 40.5 Å². The number of thioether (sulfide) groups is 1. The number of hydrogen-bond acceptors (Lipinski definition) is 3. The molecule has 1 atom stereocenters. The van der Waals surface area contributed by atoms with Crippen molar-refractivity contribution in [1.29, 1.82) is 0 Å². The van der Waals surface area contributed by atoms with E-state index in [1.165, 1.54) is 10.5 Å². The third-order valence-electron chi connectivity index (χ3n) is 2.91. The molecule has 0 fully saturated rings. The highest BCUT2D eigenvalue weighted by atomic mass is 79.9. The molecule has 1 aliphatic rings. The molecule has 3 nitrogen and oxygen atoms in total. The van der Waals surface area contributed by atoms with Gasteiger partial charge in [0.25, 0.3) is 0 Å². The molecule has 2 rings (SSSR count). The molecule has 0 aromatic heterocycles. The average molecular weight is 316 g/mol. The molecule has 1 aromatic rings.